The molecule has 1 fully saturated rings. The van der Waals surface area contributed by atoms with Crippen molar-refractivity contribution in [3.05, 3.63) is 70.1 Å². The number of aromatic nitrogens is 1. The van der Waals surface area contributed by atoms with Crippen LogP contribution in [0.1, 0.15) is 34.8 Å². The van der Waals surface area contributed by atoms with E-state index in [0.29, 0.717) is 17.7 Å². The Hall–Kier alpha value is -2.36. The normalized spacial score (nSPS) is 18.2. The summed E-state index contributed by atoms with van der Waals surface area (Å²) in [7, 11) is 0. The molecule has 0 spiro atoms. The van der Waals surface area contributed by atoms with Gasteiger partial charge in [0.1, 0.15) is 0 Å². The Labute approximate surface area is 117 Å². The highest BCUT2D eigenvalue weighted by Crippen LogP contribution is 2.31. The molecule has 0 radical (unpaired) electrons. The molecule has 1 aromatic carbocycles. The average Bonchev–Trinajstić information content (AvgIpc) is 2.97. The van der Waals surface area contributed by atoms with Crippen molar-refractivity contribution in [3.63, 3.8) is 0 Å². The van der Waals surface area contributed by atoms with Crippen LogP contribution in [0.25, 0.3) is 0 Å². The van der Waals surface area contributed by atoms with Gasteiger partial charge >= 0.3 is 0 Å². The van der Waals surface area contributed by atoms with Crippen molar-refractivity contribution in [2.45, 2.75) is 18.9 Å². The van der Waals surface area contributed by atoms with E-state index in [1.807, 2.05) is 30.3 Å². The van der Waals surface area contributed by atoms with Gasteiger partial charge in [0.15, 0.2) is 0 Å². The third-order valence-electron chi connectivity index (χ3n) is 3.74. The van der Waals surface area contributed by atoms with E-state index in [9.17, 15) is 9.59 Å². The number of carbonyl (C=O) groups excluding carboxylic acids is 1. The van der Waals surface area contributed by atoms with Crippen molar-refractivity contribution in [2.24, 2.45) is 0 Å². The summed E-state index contributed by atoms with van der Waals surface area (Å²) < 4.78 is 0. The summed E-state index contributed by atoms with van der Waals surface area (Å²) in [6, 6.07) is 12.7. The molecule has 4 nitrogen and oxygen atoms in total. The number of benzene rings is 1. The number of H-pyrrole nitrogens is 1. The highest BCUT2D eigenvalue weighted by molar-refractivity contribution is 5.94. The van der Waals surface area contributed by atoms with E-state index >= 15 is 0 Å². The molecule has 0 saturated carbocycles. The lowest BCUT2D eigenvalue weighted by Crippen LogP contribution is -2.33. The van der Waals surface area contributed by atoms with E-state index in [2.05, 4.69) is 4.98 Å². The van der Waals surface area contributed by atoms with Crippen molar-refractivity contribution in [1.29, 1.82) is 0 Å². The molecule has 0 aliphatic carbocycles. The molecular weight excluding hydrogens is 252 g/mol. The number of likely N-dealkylation sites (tertiary alicyclic amines) is 1. The zero-order valence-electron chi connectivity index (χ0n) is 11.1. The Balaban J connectivity index is 1.92. The molecule has 1 aromatic heterocycles. The summed E-state index contributed by atoms with van der Waals surface area (Å²) >= 11 is 0. The zero-order chi connectivity index (χ0) is 13.9. The second-order valence-corrected chi connectivity index (χ2v) is 4.98. The number of nitrogens with zero attached hydrogens (tertiary/aromatic N) is 1. The molecular formula is C16H16N2O2. The Bertz CT molecular complexity index is 663. The fourth-order valence-electron chi connectivity index (χ4n) is 2.78. The van der Waals surface area contributed by atoms with Crippen LogP contribution in [-0.4, -0.2) is 22.3 Å². The Kier molecular flexibility index (Phi) is 3.37. The van der Waals surface area contributed by atoms with Crippen molar-refractivity contribution < 1.29 is 4.79 Å². The lowest BCUT2D eigenvalue weighted by molar-refractivity contribution is 0.0735. The van der Waals surface area contributed by atoms with Crippen molar-refractivity contribution in [3.8, 4) is 0 Å². The predicted octanol–water partition coefficient (Wildman–Crippen LogP) is 2.35. The maximum Gasteiger partial charge on any atom is 0.254 e. The number of hydrogen-bond donors (Lipinski definition) is 1. The first-order chi connectivity index (χ1) is 9.77. The van der Waals surface area contributed by atoms with E-state index in [1.165, 1.54) is 0 Å². The predicted molar refractivity (Wildman–Crippen MR) is 76.5 cm³/mol. The summed E-state index contributed by atoms with van der Waals surface area (Å²) in [6.45, 7) is 0.701. The minimum atomic E-state index is -0.118. The van der Waals surface area contributed by atoms with Crippen LogP contribution in [0.5, 0.6) is 0 Å². The smallest absolute Gasteiger partial charge is 0.254 e. The standard InChI is InChI=1S/C16H16N2O2/c19-15-13(8-4-10-17-15)14-9-5-11-18(14)16(20)12-6-2-1-3-7-12/h1-4,6-8,10,14H,5,9,11H2,(H,17,19)/t14-/m1/s1. The van der Waals surface area contributed by atoms with Crippen LogP contribution in [-0.2, 0) is 0 Å². The van der Waals surface area contributed by atoms with Gasteiger partial charge in [0, 0.05) is 23.9 Å². The highest BCUT2D eigenvalue weighted by atomic mass is 16.2. The van der Waals surface area contributed by atoms with E-state index < -0.39 is 0 Å². The third kappa shape index (κ3) is 2.25. The number of rotatable bonds is 2. The molecule has 1 saturated heterocycles. The highest BCUT2D eigenvalue weighted by Gasteiger charge is 2.31. The molecule has 4 heteroatoms. The second kappa shape index (κ2) is 5.33. The molecule has 2 heterocycles. The van der Waals surface area contributed by atoms with Crippen molar-refractivity contribution in [2.75, 3.05) is 6.54 Å². The molecule has 1 amide bonds. The van der Waals surface area contributed by atoms with E-state index in [0.717, 1.165) is 12.8 Å². The van der Waals surface area contributed by atoms with E-state index in [-0.39, 0.29) is 17.5 Å². The van der Waals surface area contributed by atoms with Crippen LogP contribution < -0.4 is 5.56 Å². The SMILES string of the molecule is O=C(c1ccccc1)N1CCC[C@@H]1c1ccc[nH]c1=O. The first-order valence-corrected chi connectivity index (χ1v) is 6.81. The van der Waals surface area contributed by atoms with Crippen LogP contribution in [0.15, 0.2) is 53.5 Å². The van der Waals surface area contributed by atoms with Gasteiger partial charge in [-0.1, -0.05) is 18.2 Å². The topological polar surface area (TPSA) is 53.2 Å². The minimum Gasteiger partial charge on any atom is -0.331 e. The molecule has 2 aromatic rings. The second-order valence-electron chi connectivity index (χ2n) is 4.98. The maximum absolute atomic E-state index is 12.6. The average molecular weight is 268 g/mol. The van der Waals surface area contributed by atoms with Gasteiger partial charge < -0.3 is 9.88 Å². The van der Waals surface area contributed by atoms with Crippen LogP contribution in [0.3, 0.4) is 0 Å². The van der Waals surface area contributed by atoms with Crippen molar-refractivity contribution in [1.82, 2.24) is 9.88 Å². The minimum absolute atomic E-state index is 0.00338. The van der Waals surface area contributed by atoms with E-state index in [4.69, 9.17) is 0 Å². The molecule has 1 aliphatic heterocycles. The van der Waals surface area contributed by atoms with Crippen LogP contribution >= 0.6 is 0 Å². The fraction of sp³-hybridized carbons (Fsp3) is 0.250. The number of pyridine rings is 1. The zero-order valence-corrected chi connectivity index (χ0v) is 11.1. The summed E-state index contributed by atoms with van der Waals surface area (Å²) in [6.07, 6.45) is 3.38. The quantitative estimate of drug-likeness (QED) is 0.909. The molecule has 102 valence electrons. The molecule has 0 bridgehead atoms. The van der Waals surface area contributed by atoms with Gasteiger partial charge in [0.2, 0.25) is 0 Å². The number of nitrogens with one attached hydrogen (secondary N) is 1. The molecule has 3 rings (SSSR count). The largest absolute Gasteiger partial charge is 0.331 e. The van der Waals surface area contributed by atoms with E-state index in [1.54, 1.807) is 23.2 Å². The summed E-state index contributed by atoms with van der Waals surface area (Å²) in [5.74, 6) is -0.00338. The third-order valence-corrected chi connectivity index (χ3v) is 3.74. The maximum atomic E-state index is 12.6. The lowest BCUT2D eigenvalue weighted by atomic mass is 10.1. The van der Waals surface area contributed by atoms with Crippen LogP contribution in [0, 0.1) is 0 Å². The molecule has 1 aliphatic rings. The Morgan fingerprint density at radius 2 is 1.95 bits per heavy atom. The lowest BCUT2D eigenvalue weighted by Gasteiger charge is -2.24. The van der Waals surface area contributed by atoms with Gasteiger partial charge in [-0.25, -0.2) is 0 Å². The molecule has 20 heavy (non-hydrogen) atoms. The number of amides is 1. The monoisotopic (exact) mass is 268 g/mol. The molecule has 1 atom stereocenters. The van der Waals surface area contributed by atoms with Gasteiger partial charge in [-0.05, 0) is 37.1 Å². The summed E-state index contributed by atoms with van der Waals surface area (Å²) in [4.78, 5) is 29.0. The van der Waals surface area contributed by atoms with Gasteiger partial charge in [-0.15, -0.1) is 0 Å². The Morgan fingerprint density at radius 1 is 1.15 bits per heavy atom. The number of aromatic amines is 1. The van der Waals surface area contributed by atoms with Gasteiger partial charge in [-0.2, -0.15) is 0 Å². The van der Waals surface area contributed by atoms with Crippen molar-refractivity contribution >= 4 is 5.91 Å². The molecule has 0 unspecified atom stereocenters. The number of hydrogen-bond acceptors (Lipinski definition) is 2. The van der Waals surface area contributed by atoms with Gasteiger partial charge in [0.05, 0.1) is 6.04 Å². The number of carbonyl (C=O) groups is 1. The first kappa shape index (κ1) is 12.7. The van der Waals surface area contributed by atoms with Crippen LogP contribution in [0.4, 0.5) is 0 Å². The first-order valence-electron chi connectivity index (χ1n) is 6.81. The summed E-state index contributed by atoms with van der Waals surface area (Å²) in [5, 5.41) is 0. The van der Waals surface area contributed by atoms with Gasteiger partial charge in [0.25, 0.3) is 11.5 Å². The molecule has 1 N–H and O–H groups in total. The Morgan fingerprint density at radius 3 is 2.70 bits per heavy atom. The fourth-order valence-corrected chi connectivity index (χ4v) is 2.78. The summed E-state index contributed by atoms with van der Waals surface area (Å²) in [5.41, 5.74) is 1.24. The van der Waals surface area contributed by atoms with Gasteiger partial charge in [-0.3, -0.25) is 9.59 Å². The van der Waals surface area contributed by atoms with Crippen LogP contribution in [0.2, 0.25) is 0 Å².